The third-order valence-corrected chi connectivity index (χ3v) is 4.55. The lowest BCUT2D eigenvalue weighted by Crippen LogP contribution is -2.32. The first-order chi connectivity index (χ1) is 16.0. The van der Waals surface area contributed by atoms with E-state index in [1.807, 2.05) is 6.07 Å². The van der Waals surface area contributed by atoms with Gasteiger partial charge in [-0.05, 0) is 35.7 Å². The van der Waals surface area contributed by atoms with Gasteiger partial charge in [-0.2, -0.15) is 5.26 Å². The van der Waals surface area contributed by atoms with Crippen molar-refractivity contribution in [2.45, 2.75) is 0 Å². The fraction of sp³-hybridized carbons (Fsp3) is 0. The SMILES string of the molecule is [C-]#[N+]\C(C#N)=C(/C(C#N)=C/C=C/c1c([O-])n(-c2ccccc2)c(=O)[nH]c1=O)c1ccccc1. The molecule has 0 atom stereocenters. The number of hydrogen-bond donors (Lipinski definition) is 1. The summed E-state index contributed by atoms with van der Waals surface area (Å²) in [7, 11) is 0. The second kappa shape index (κ2) is 10.1. The molecule has 0 saturated heterocycles. The molecule has 1 aromatic heterocycles. The molecule has 8 heteroatoms. The largest absolute Gasteiger partial charge is 0.859 e. The van der Waals surface area contributed by atoms with Gasteiger partial charge < -0.3 is 5.11 Å². The lowest BCUT2D eigenvalue weighted by molar-refractivity contribution is -0.278. The van der Waals surface area contributed by atoms with E-state index in [4.69, 9.17) is 6.57 Å². The van der Waals surface area contributed by atoms with Gasteiger partial charge in [0, 0.05) is 16.8 Å². The Bertz CT molecular complexity index is 1510. The van der Waals surface area contributed by atoms with Crippen LogP contribution in [0.5, 0.6) is 5.88 Å². The maximum atomic E-state index is 12.8. The third kappa shape index (κ3) is 4.69. The summed E-state index contributed by atoms with van der Waals surface area (Å²) in [6, 6.07) is 20.3. The lowest BCUT2D eigenvalue weighted by atomic mass is 9.96. The van der Waals surface area contributed by atoms with Crippen molar-refractivity contribution >= 4 is 11.6 Å². The van der Waals surface area contributed by atoms with E-state index in [2.05, 4.69) is 9.83 Å². The van der Waals surface area contributed by atoms with Crippen molar-refractivity contribution in [2.75, 3.05) is 0 Å². The number of aromatic amines is 1. The van der Waals surface area contributed by atoms with Gasteiger partial charge in [0.1, 0.15) is 0 Å². The summed E-state index contributed by atoms with van der Waals surface area (Å²) in [5.74, 6) is -0.823. The highest BCUT2D eigenvalue weighted by atomic mass is 16.3. The highest BCUT2D eigenvalue weighted by Gasteiger charge is 2.14. The molecular weight excluding hydrogens is 418 g/mol. The average molecular weight is 432 g/mol. The fourth-order valence-corrected chi connectivity index (χ4v) is 3.07. The number of benzene rings is 2. The number of nitriles is 2. The Balaban J connectivity index is 2.13. The summed E-state index contributed by atoms with van der Waals surface area (Å²) in [6.07, 6.45) is 3.75. The molecule has 0 aliphatic heterocycles. The molecule has 0 aliphatic carbocycles. The molecular formula is C25H14N5O3-. The number of hydrogen-bond acceptors (Lipinski definition) is 5. The van der Waals surface area contributed by atoms with Crippen molar-refractivity contribution in [1.29, 1.82) is 10.5 Å². The van der Waals surface area contributed by atoms with Crippen molar-refractivity contribution in [3.8, 4) is 23.7 Å². The predicted octanol–water partition coefficient (Wildman–Crippen LogP) is 2.92. The van der Waals surface area contributed by atoms with Crippen LogP contribution in [0.2, 0.25) is 0 Å². The fourth-order valence-electron chi connectivity index (χ4n) is 3.07. The van der Waals surface area contributed by atoms with E-state index in [0.717, 1.165) is 4.57 Å². The van der Waals surface area contributed by atoms with Crippen LogP contribution >= 0.6 is 0 Å². The molecule has 0 saturated carbocycles. The zero-order valence-electron chi connectivity index (χ0n) is 17.0. The van der Waals surface area contributed by atoms with E-state index in [1.54, 1.807) is 66.7 Å². The number of nitrogens with zero attached hydrogens (tertiary/aromatic N) is 4. The summed E-state index contributed by atoms with van der Waals surface area (Å²) >= 11 is 0. The van der Waals surface area contributed by atoms with Gasteiger partial charge in [-0.15, -0.1) is 0 Å². The highest BCUT2D eigenvalue weighted by Crippen LogP contribution is 2.27. The molecule has 0 bridgehead atoms. The van der Waals surface area contributed by atoms with E-state index >= 15 is 0 Å². The maximum absolute atomic E-state index is 12.8. The Kier molecular flexibility index (Phi) is 6.81. The summed E-state index contributed by atoms with van der Waals surface area (Å²) in [5, 5.41) is 31.8. The number of nitrogens with one attached hydrogen (secondary N) is 1. The van der Waals surface area contributed by atoms with Crippen LogP contribution in [0.15, 0.2) is 93.7 Å². The smallest absolute Gasteiger partial charge is 0.332 e. The van der Waals surface area contributed by atoms with Crippen LogP contribution < -0.4 is 16.4 Å². The molecule has 0 fully saturated rings. The molecule has 33 heavy (non-hydrogen) atoms. The highest BCUT2D eigenvalue weighted by molar-refractivity contribution is 5.88. The van der Waals surface area contributed by atoms with Crippen LogP contribution in [-0.4, -0.2) is 9.55 Å². The molecule has 158 valence electrons. The normalized spacial score (nSPS) is 11.8. The van der Waals surface area contributed by atoms with Crippen LogP contribution in [-0.2, 0) is 0 Å². The number of H-pyrrole nitrogens is 1. The van der Waals surface area contributed by atoms with Gasteiger partial charge in [0.25, 0.3) is 11.3 Å². The van der Waals surface area contributed by atoms with E-state index in [9.17, 15) is 25.2 Å². The van der Waals surface area contributed by atoms with Gasteiger partial charge in [0.05, 0.1) is 24.3 Å². The van der Waals surface area contributed by atoms with Crippen LogP contribution in [0.4, 0.5) is 0 Å². The molecule has 0 radical (unpaired) electrons. The molecule has 3 rings (SSSR count). The van der Waals surface area contributed by atoms with Gasteiger partial charge in [0.15, 0.2) is 0 Å². The first-order valence-electron chi connectivity index (χ1n) is 9.49. The molecule has 0 spiro atoms. The van der Waals surface area contributed by atoms with Crippen LogP contribution in [0.1, 0.15) is 11.1 Å². The first-order valence-corrected chi connectivity index (χ1v) is 9.49. The standard InChI is InChI=1S/C25H15N5O3/c1-28-21(16-27)22(17-9-4-2-5-10-17)18(15-26)11-8-14-20-23(31)29-25(33)30(24(20)32)19-12-6-3-7-13-19/h2-14,32H,(H,29,31,33)/p-1/b14-8+,18-11+,22-21-. The Morgan fingerprint density at radius 1 is 1.03 bits per heavy atom. The minimum atomic E-state index is -0.877. The minimum absolute atomic E-state index is 0.00902. The molecule has 0 unspecified atom stereocenters. The Hall–Kier alpha value is -5.39. The van der Waals surface area contributed by atoms with Crippen molar-refractivity contribution in [3.63, 3.8) is 0 Å². The van der Waals surface area contributed by atoms with Gasteiger partial charge in [-0.1, -0.05) is 54.6 Å². The summed E-state index contributed by atoms with van der Waals surface area (Å²) in [5.41, 5.74) is -1.44. The minimum Gasteiger partial charge on any atom is -0.859 e. The zero-order chi connectivity index (χ0) is 23.8. The Morgan fingerprint density at radius 2 is 1.67 bits per heavy atom. The van der Waals surface area contributed by atoms with E-state index in [1.165, 1.54) is 18.2 Å². The topological polar surface area (TPSA) is 130 Å². The number of allylic oxidation sites excluding steroid dienone is 5. The summed E-state index contributed by atoms with van der Waals surface area (Å²) in [6.45, 7) is 7.27. The Labute approximate surface area is 188 Å². The summed E-state index contributed by atoms with van der Waals surface area (Å²) < 4.78 is 0.831. The number of aromatic nitrogens is 2. The van der Waals surface area contributed by atoms with Gasteiger partial charge in [-0.25, -0.2) is 14.9 Å². The number of rotatable bonds is 5. The Morgan fingerprint density at radius 3 is 2.24 bits per heavy atom. The second-order valence-corrected chi connectivity index (χ2v) is 6.51. The van der Waals surface area contributed by atoms with Crippen molar-refractivity contribution in [3.05, 3.63) is 127 Å². The predicted molar refractivity (Wildman–Crippen MR) is 120 cm³/mol. The maximum Gasteiger partial charge on any atom is 0.332 e. The van der Waals surface area contributed by atoms with E-state index in [-0.39, 0.29) is 28.1 Å². The lowest BCUT2D eigenvalue weighted by Gasteiger charge is -2.17. The molecule has 1 heterocycles. The van der Waals surface area contributed by atoms with Crippen molar-refractivity contribution in [1.82, 2.24) is 9.55 Å². The third-order valence-electron chi connectivity index (χ3n) is 4.55. The average Bonchev–Trinajstić information content (AvgIpc) is 2.83. The second-order valence-electron chi connectivity index (χ2n) is 6.51. The molecule has 3 aromatic rings. The molecule has 2 aromatic carbocycles. The van der Waals surface area contributed by atoms with Crippen LogP contribution in [0.25, 0.3) is 22.2 Å². The van der Waals surface area contributed by atoms with Crippen LogP contribution in [0.3, 0.4) is 0 Å². The van der Waals surface area contributed by atoms with Crippen molar-refractivity contribution < 1.29 is 5.11 Å². The molecule has 8 nitrogen and oxygen atoms in total. The monoisotopic (exact) mass is 432 g/mol. The number of para-hydroxylation sites is 1. The molecule has 0 amide bonds. The van der Waals surface area contributed by atoms with E-state index < -0.39 is 17.1 Å². The first kappa shape index (κ1) is 22.3. The summed E-state index contributed by atoms with van der Waals surface area (Å²) in [4.78, 5) is 29.8. The van der Waals surface area contributed by atoms with Crippen molar-refractivity contribution in [2.24, 2.45) is 0 Å². The van der Waals surface area contributed by atoms with Gasteiger partial charge >= 0.3 is 5.69 Å². The quantitative estimate of drug-likeness (QED) is 0.376. The zero-order valence-corrected chi connectivity index (χ0v) is 17.0. The van der Waals surface area contributed by atoms with Gasteiger partial charge in [0.2, 0.25) is 0 Å². The molecule has 0 aliphatic rings. The van der Waals surface area contributed by atoms with E-state index in [0.29, 0.717) is 5.56 Å². The van der Waals surface area contributed by atoms with Gasteiger partial charge in [-0.3, -0.25) is 14.3 Å². The molecule has 1 N–H and O–H groups in total. The van der Waals surface area contributed by atoms with Crippen LogP contribution in [0, 0.1) is 29.2 Å².